The number of nitrogen functional groups attached to an aromatic ring is 1. The molecule has 1 aromatic carbocycles. The maximum atomic E-state index is 13.5. The van der Waals surface area contributed by atoms with Gasteiger partial charge in [-0.05, 0) is 25.1 Å². The van der Waals surface area contributed by atoms with E-state index in [4.69, 9.17) is 10.2 Å². The SMILES string of the molecule is Cc1cnc(CNS(=O)(=O)c2ccc(N)cc2F)o1. The predicted octanol–water partition coefficient (Wildman–Crippen LogP) is 1.18. The normalized spacial score (nSPS) is 11.7. The van der Waals surface area contributed by atoms with Crippen molar-refractivity contribution in [1.82, 2.24) is 9.71 Å². The minimum absolute atomic E-state index is 0.153. The van der Waals surface area contributed by atoms with Crippen LogP contribution in [0.1, 0.15) is 11.7 Å². The van der Waals surface area contributed by atoms with E-state index >= 15 is 0 Å². The van der Waals surface area contributed by atoms with Gasteiger partial charge in [-0.15, -0.1) is 0 Å². The van der Waals surface area contributed by atoms with Gasteiger partial charge in [-0.2, -0.15) is 0 Å². The molecule has 0 atom stereocenters. The highest BCUT2D eigenvalue weighted by molar-refractivity contribution is 7.89. The maximum absolute atomic E-state index is 13.5. The van der Waals surface area contributed by atoms with Crippen LogP contribution in [0.4, 0.5) is 10.1 Å². The Morgan fingerprint density at radius 3 is 2.79 bits per heavy atom. The molecule has 0 radical (unpaired) electrons. The molecule has 0 aliphatic carbocycles. The Labute approximate surface area is 109 Å². The van der Waals surface area contributed by atoms with E-state index in [-0.39, 0.29) is 18.1 Å². The molecule has 0 fully saturated rings. The van der Waals surface area contributed by atoms with Crippen LogP contribution in [0.5, 0.6) is 0 Å². The molecule has 0 aliphatic heterocycles. The molecule has 2 rings (SSSR count). The first-order chi connectivity index (χ1) is 8.88. The zero-order chi connectivity index (χ0) is 14.0. The van der Waals surface area contributed by atoms with Gasteiger partial charge in [0.2, 0.25) is 15.9 Å². The topological polar surface area (TPSA) is 98.2 Å². The van der Waals surface area contributed by atoms with Gasteiger partial charge in [-0.3, -0.25) is 0 Å². The third kappa shape index (κ3) is 3.09. The summed E-state index contributed by atoms with van der Waals surface area (Å²) in [7, 11) is -3.98. The van der Waals surface area contributed by atoms with Crippen molar-refractivity contribution in [3.63, 3.8) is 0 Å². The Bertz CT molecular complexity index is 697. The lowest BCUT2D eigenvalue weighted by Gasteiger charge is -2.06. The van der Waals surface area contributed by atoms with E-state index in [1.807, 2.05) is 0 Å². The van der Waals surface area contributed by atoms with Crippen molar-refractivity contribution in [2.24, 2.45) is 0 Å². The van der Waals surface area contributed by atoms with Gasteiger partial charge in [0.1, 0.15) is 16.5 Å². The number of aryl methyl sites for hydroxylation is 1. The molecule has 0 spiro atoms. The summed E-state index contributed by atoms with van der Waals surface area (Å²) < 4.78 is 44.6. The van der Waals surface area contributed by atoms with E-state index in [0.717, 1.165) is 12.1 Å². The molecule has 0 aliphatic rings. The second-order valence-corrected chi connectivity index (χ2v) is 5.61. The highest BCUT2D eigenvalue weighted by Gasteiger charge is 2.19. The van der Waals surface area contributed by atoms with E-state index in [1.165, 1.54) is 12.3 Å². The molecule has 19 heavy (non-hydrogen) atoms. The fraction of sp³-hybridized carbons (Fsp3) is 0.182. The third-order valence-electron chi connectivity index (χ3n) is 2.33. The number of hydrogen-bond donors (Lipinski definition) is 2. The molecule has 0 amide bonds. The summed E-state index contributed by atoms with van der Waals surface area (Å²) in [5, 5.41) is 0. The van der Waals surface area contributed by atoms with Crippen LogP contribution in [-0.2, 0) is 16.6 Å². The lowest BCUT2D eigenvalue weighted by atomic mass is 10.3. The van der Waals surface area contributed by atoms with Gasteiger partial charge >= 0.3 is 0 Å². The number of benzene rings is 1. The van der Waals surface area contributed by atoms with E-state index in [9.17, 15) is 12.8 Å². The van der Waals surface area contributed by atoms with Crippen molar-refractivity contribution in [2.45, 2.75) is 18.4 Å². The Balaban J connectivity index is 2.18. The summed E-state index contributed by atoms with van der Waals surface area (Å²) >= 11 is 0. The minimum Gasteiger partial charge on any atom is -0.445 e. The minimum atomic E-state index is -3.98. The van der Waals surface area contributed by atoms with Crippen molar-refractivity contribution in [2.75, 3.05) is 5.73 Å². The van der Waals surface area contributed by atoms with Crippen molar-refractivity contribution in [3.05, 3.63) is 41.9 Å². The van der Waals surface area contributed by atoms with E-state index in [1.54, 1.807) is 6.92 Å². The number of aromatic nitrogens is 1. The van der Waals surface area contributed by atoms with Crippen LogP contribution in [0, 0.1) is 12.7 Å². The number of oxazole rings is 1. The molecule has 1 aromatic heterocycles. The fourth-order valence-corrected chi connectivity index (χ4v) is 2.48. The van der Waals surface area contributed by atoms with E-state index in [0.29, 0.717) is 5.76 Å². The number of anilines is 1. The quantitative estimate of drug-likeness (QED) is 0.822. The second kappa shape index (κ2) is 4.98. The zero-order valence-corrected chi connectivity index (χ0v) is 10.9. The first-order valence-electron chi connectivity index (χ1n) is 5.34. The highest BCUT2D eigenvalue weighted by atomic mass is 32.2. The molecule has 0 unspecified atom stereocenters. The van der Waals surface area contributed by atoms with Crippen molar-refractivity contribution in [3.8, 4) is 0 Å². The van der Waals surface area contributed by atoms with Crippen LogP contribution >= 0.6 is 0 Å². The summed E-state index contributed by atoms with van der Waals surface area (Å²) in [6, 6.07) is 3.37. The Hall–Kier alpha value is -1.93. The molecule has 0 bridgehead atoms. The lowest BCUT2D eigenvalue weighted by molar-refractivity contribution is 0.462. The second-order valence-electron chi connectivity index (χ2n) is 3.88. The van der Waals surface area contributed by atoms with Crippen molar-refractivity contribution in [1.29, 1.82) is 0 Å². The number of rotatable bonds is 4. The van der Waals surface area contributed by atoms with E-state index in [2.05, 4.69) is 9.71 Å². The zero-order valence-electron chi connectivity index (χ0n) is 10.1. The van der Waals surface area contributed by atoms with Crippen LogP contribution in [0.3, 0.4) is 0 Å². The molecule has 3 N–H and O–H groups in total. The number of nitrogens with two attached hydrogens (primary N) is 1. The van der Waals surface area contributed by atoms with Crippen LogP contribution in [0.25, 0.3) is 0 Å². The lowest BCUT2D eigenvalue weighted by Crippen LogP contribution is -2.24. The molecule has 2 aromatic rings. The summed E-state index contributed by atoms with van der Waals surface area (Å²) in [4.78, 5) is 3.37. The predicted molar refractivity (Wildman–Crippen MR) is 66.1 cm³/mol. The van der Waals surface area contributed by atoms with Gasteiger partial charge in [-0.1, -0.05) is 0 Å². The van der Waals surface area contributed by atoms with Crippen LogP contribution in [0.2, 0.25) is 0 Å². The average molecular weight is 285 g/mol. The maximum Gasteiger partial charge on any atom is 0.243 e. The standard InChI is InChI=1S/C11H12FN3O3S/c1-7-5-14-11(18-7)6-15-19(16,17)10-3-2-8(13)4-9(10)12/h2-5,15H,6,13H2,1H3. The Kier molecular flexibility index (Phi) is 3.54. The van der Waals surface area contributed by atoms with E-state index < -0.39 is 20.7 Å². The van der Waals surface area contributed by atoms with Gasteiger partial charge in [-0.25, -0.2) is 22.5 Å². The molecular formula is C11H12FN3O3S. The summed E-state index contributed by atoms with van der Waals surface area (Å²) in [5.41, 5.74) is 5.51. The smallest absolute Gasteiger partial charge is 0.243 e. The van der Waals surface area contributed by atoms with Gasteiger partial charge in [0.15, 0.2) is 0 Å². The summed E-state index contributed by atoms with van der Waals surface area (Å²) in [6.45, 7) is 1.53. The Morgan fingerprint density at radius 1 is 1.47 bits per heavy atom. The molecule has 0 saturated carbocycles. The van der Waals surface area contributed by atoms with Gasteiger partial charge in [0.25, 0.3) is 0 Å². The fourth-order valence-electron chi connectivity index (χ4n) is 1.45. The average Bonchev–Trinajstić information content (AvgIpc) is 2.72. The number of halogens is 1. The molecule has 102 valence electrons. The first kappa shape index (κ1) is 13.5. The molecule has 0 saturated heterocycles. The van der Waals surface area contributed by atoms with Gasteiger partial charge in [0.05, 0.1) is 12.7 Å². The van der Waals surface area contributed by atoms with Gasteiger partial charge < -0.3 is 10.2 Å². The number of nitrogens with one attached hydrogen (secondary N) is 1. The molecule has 8 heteroatoms. The monoisotopic (exact) mass is 285 g/mol. The molecule has 1 heterocycles. The van der Waals surface area contributed by atoms with Crippen molar-refractivity contribution >= 4 is 15.7 Å². The molecular weight excluding hydrogens is 273 g/mol. The van der Waals surface area contributed by atoms with Crippen molar-refractivity contribution < 1.29 is 17.2 Å². The summed E-state index contributed by atoms with van der Waals surface area (Å²) in [5.74, 6) is -0.138. The summed E-state index contributed by atoms with van der Waals surface area (Å²) in [6.07, 6.45) is 1.47. The largest absolute Gasteiger partial charge is 0.445 e. The number of hydrogen-bond acceptors (Lipinski definition) is 5. The number of nitrogens with zero attached hydrogens (tertiary/aromatic N) is 1. The van der Waals surface area contributed by atoms with Crippen LogP contribution < -0.4 is 10.5 Å². The third-order valence-corrected chi connectivity index (χ3v) is 3.76. The highest BCUT2D eigenvalue weighted by Crippen LogP contribution is 2.17. The Morgan fingerprint density at radius 2 is 2.21 bits per heavy atom. The van der Waals surface area contributed by atoms with Gasteiger partial charge in [0, 0.05) is 5.69 Å². The van der Waals surface area contributed by atoms with Crippen LogP contribution in [-0.4, -0.2) is 13.4 Å². The van der Waals surface area contributed by atoms with Crippen LogP contribution in [0.15, 0.2) is 33.7 Å². The first-order valence-corrected chi connectivity index (χ1v) is 6.83. The number of sulfonamides is 1. The molecule has 6 nitrogen and oxygen atoms in total.